The summed E-state index contributed by atoms with van der Waals surface area (Å²) >= 11 is 0. The summed E-state index contributed by atoms with van der Waals surface area (Å²) < 4.78 is 0. The Labute approximate surface area is 113 Å². The molecule has 102 valence electrons. The Morgan fingerprint density at radius 1 is 1.00 bits per heavy atom. The van der Waals surface area contributed by atoms with E-state index in [9.17, 15) is 0 Å². The van der Waals surface area contributed by atoms with Crippen molar-refractivity contribution >= 4 is 0 Å². The van der Waals surface area contributed by atoms with Gasteiger partial charge in [-0.15, -0.1) is 0 Å². The summed E-state index contributed by atoms with van der Waals surface area (Å²) in [6, 6.07) is 11.6. The largest absolute Gasteiger partial charge is 0.314 e. The Kier molecular flexibility index (Phi) is 7.04. The van der Waals surface area contributed by atoms with Crippen molar-refractivity contribution in [1.82, 2.24) is 5.32 Å². The van der Waals surface area contributed by atoms with Gasteiger partial charge in [-0.3, -0.25) is 0 Å². The molecule has 1 rings (SSSR count). The predicted molar refractivity (Wildman–Crippen MR) is 81.0 cm³/mol. The van der Waals surface area contributed by atoms with E-state index in [2.05, 4.69) is 63.3 Å². The number of nitrogens with one attached hydrogen (secondary N) is 1. The average molecular weight is 247 g/mol. The minimum Gasteiger partial charge on any atom is -0.314 e. The van der Waals surface area contributed by atoms with E-state index in [1.165, 1.54) is 24.8 Å². The van der Waals surface area contributed by atoms with Crippen LogP contribution < -0.4 is 5.32 Å². The first-order chi connectivity index (χ1) is 8.72. The topological polar surface area (TPSA) is 12.0 Å². The number of hydrogen-bond donors (Lipinski definition) is 1. The zero-order chi connectivity index (χ0) is 13.4. The first kappa shape index (κ1) is 15.2. The maximum absolute atomic E-state index is 3.70. The molecule has 0 aliphatic rings. The Morgan fingerprint density at radius 2 is 1.67 bits per heavy atom. The van der Waals surface area contributed by atoms with E-state index in [1.54, 1.807) is 0 Å². The highest BCUT2D eigenvalue weighted by Gasteiger charge is 2.22. The Hall–Kier alpha value is -0.820. The van der Waals surface area contributed by atoms with Crippen LogP contribution in [0.3, 0.4) is 0 Å². The molecule has 0 radical (unpaired) electrons. The molecule has 0 saturated carbocycles. The quantitative estimate of drug-likeness (QED) is 0.708. The van der Waals surface area contributed by atoms with Crippen LogP contribution in [-0.4, -0.2) is 12.6 Å². The van der Waals surface area contributed by atoms with Crippen LogP contribution in [0, 0.1) is 5.92 Å². The fourth-order valence-corrected chi connectivity index (χ4v) is 2.70. The Bertz CT molecular complexity index is 307. The minimum atomic E-state index is 0.609. The van der Waals surface area contributed by atoms with E-state index < -0.39 is 0 Å². The van der Waals surface area contributed by atoms with Crippen molar-refractivity contribution in [2.45, 2.75) is 58.9 Å². The predicted octanol–water partition coefficient (Wildman–Crippen LogP) is 4.59. The van der Waals surface area contributed by atoms with E-state index in [4.69, 9.17) is 0 Å². The third kappa shape index (κ3) is 4.45. The van der Waals surface area contributed by atoms with Gasteiger partial charge in [0.05, 0.1) is 0 Å². The molecule has 18 heavy (non-hydrogen) atoms. The van der Waals surface area contributed by atoms with Crippen molar-refractivity contribution < 1.29 is 0 Å². The van der Waals surface area contributed by atoms with Gasteiger partial charge in [0, 0.05) is 6.04 Å². The second-order valence-electron chi connectivity index (χ2n) is 5.34. The number of likely N-dealkylation sites (N-methyl/N-ethyl adjacent to an activating group) is 1. The van der Waals surface area contributed by atoms with Crippen LogP contribution in [-0.2, 0) is 0 Å². The van der Waals surface area contributed by atoms with Gasteiger partial charge in [0.1, 0.15) is 0 Å². The fourth-order valence-electron chi connectivity index (χ4n) is 2.70. The summed E-state index contributed by atoms with van der Waals surface area (Å²) in [7, 11) is 0. The maximum atomic E-state index is 3.70. The zero-order valence-corrected chi connectivity index (χ0v) is 12.4. The highest BCUT2D eigenvalue weighted by Crippen LogP contribution is 2.27. The normalized spacial score (nSPS) is 16.2. The molecule has 0 fully saturated rings. The molecule has 3 atom stereocenters. The SMILES string of the molecule is CCNC(CC(C)CC)C(CC)c1ccccc1. The lowest BCUT2D eigenvalue weighted by molar-refractivity contribution is 0.346. The third-order valence-electron chi connectivity index (χ3n) is 3.97. The molecule has 0 spiro atoms. The van der Waals surface area contributed by atoms with Gasteiger partial charge in [0.15, 0.2) is 0 Å². The van der Waals surface area contributed by atoms with Gasteiger partial charge in [-0.25, -0.2) is 0 Å². The van der Waals surface area contributed by atoms with Gasteiger partial charge in [-0.05, 0) is 36.8 Å². The minimum absolute atomic E-state index is 0.609. The monoisotopic (exact) mass is 247 g/mol. The van der Waals surface area contributed by atoms with E-state index in [-0.39, 0.29) is 0 Å². The van der Waals surface area contributed by atoms with Gasteiger partial charge >= 0.3 is 0 Å². The van der Waals surface area contributed by atoms with E-state index in [0.29, 0.717) is 12.0 Å². The van der Waals surface area contributed by atoms with E-state index in [0.717, 1.165) is 12.5 Å². The number of benzene rings is 1. The molecule has 0 saturated heterocycles. The zero-order valence-electron chi connectivity index (χ0n) is 12.4. The third-order valence-corrected chi connectivity index (χ3v) is 3.97. The van der Waals surface area contributed by atoms with Crippen molar-refractivity contribution in [3.8, 4) is 0 Å². The lowest BCUT2D eigenvalue weighted by Gasteiger charge is -2.29. The smallest absolute Gasteiger partial charge is 0.0138 e. The average Bonchev–Trinajstić information content (AvgIpc) is 2.41. The molecule has 1 N–H and O–H groups in total. The molecular weight excluding hydrogens is 218 g/mol. The second-order valence-corrected chi connectivity index (χ2v) is 5.34. The molecule has 0 bridgehead atoms. The van der Waals surface area contributed by atoms with Crippen molar-refractivity contribution in [2.24, 2.45) is 5.92 Å². The summed E-state index contributed by atoms with van der Waals surface area (Å²) in [6.07, 6.45) is 3.75. The molecule has 3 unspecified atom stereocenters. The van der Waals surface area contributed by atoms with Gasteiger partial charge < -0.3 is 5.32 Å². The van der Waals surface area contributed by atoms with Crippen LogP contribution >= 0.6 is 0 Å². The van der Waals surface area contributed by atoms with Crippen LogP contribution in [0.1, 0.15) is 58.4 Å². The molecule has 1 aromatic rings. The van der Waals surface area contributed by atoms with Crippen LogP contribution in [0.2, 0.25) is 0 Å². The Balaban J connectivity index is 2.80. The summed E-state index contributed by atoms with van der Waals surface area (Å²) in [6.45, 7) is 10.2. The molecular formula is C17H29N. The van der Waals surface area contributed by atoms with Gasteiger partial charge in [-0.1, -0.05) is 64.4 Å². The maximum Gasteiger partial charge on any atom is 0.0138 e. The number of hydrogen-bond acceptors (Lipinski definition) is 1. The first-order valence-electron chi connectivity index (χ1n) is 7.51. The highest BCUT2D eigenvalue weighted by atomic mass is 14.9. The van der Waals surface area contributed by atoms with Crippen molar-refractivity contribution in [1.29, 1.82) is 0 Å². The van der Waals surface area contributed by atoms with Crippen LogP contribution in [0.5, 0.6) is 0 Å². The first-order valence-corrected chi connectivity index (χ1v) is 7.51. The van der Waals surface area contributed by atoms with E-state index >= 15 is 0 Å². The molecule has 0 aromatic heterocycles. The Morgan fingerprint density at radius 3 is 2.17 bits per heavy atom. The lowest BCUT2D eigenvalue weighted by Crippen LogP contribution is -2.36. The van der Waals surface area contributed by atoms with Crippen molar-refractivity contribution in [3.63, 3.8) is 0 Å². The van der Waals surface area contributed by atoms with Crippen molar-refractivity contribution in [2.75, 3.05) is 6.54 Å². The fraction of sp³-hybridized carbons (Fsp3) is 0.647. The highest BCUT2D eigenvalue weighted by molar-refractivity contribution is 5.21. The summed E-state index contributed by atoms with van der Waals surface area (Å²) in [4.78, 5) is 0. The lowest BCUT2D eigenvalue weighted by atomic mass is 9.84. The molecule has 0 aliphatic carbocycles. The second kappa shape index (κ2) is 8.31. The van der Waals surface area contributed by atoms with Gasteiger partial charge in [0.2, 0.25) is 0 Å². The number of rotatable bonds is 8. The van der Waals surface area contributed by atoms with Gasteiger partial charge in [0.25, 0.3) is 0 Å². The van der Waals surface area contributed by atoms with Crippen LogP contribution in [0.15, 0.2) is 30.3 Å². The molecule has 0 amide bonds. The standard InChI is InChI=1S/C17H29N/c1-5-14(4)13-17(18-7-3)16(6-2)15-11-9-8-10-12-15/h8-12,14,16-18H,5-7,13H2,1-4H3. The molecule has 1 nitrogen and oxygen atoms in total. The van der Waals surface area contributed by atoms with E-state index in [1.807, 2.05) is 0 Å². The molecule has 1 aromatic carbocycles. The summed E-state index contributed by atoms with van der Waals surface area (Å²) in [5.74, 6) is 1.44. The summed E-state index contributed by atoms with van der Waals surface area (Å²) in [5.41, 5.74) is 1.48. The molecule has 1 heteroatoms. The molecule has 0 heterocycles. The summed E-state index contributed by atoms with van der Waals surface area (Å²) in [5, 5.41) is 3.70. The van der Waals surface area contributed by atoms with Gasteiger partial charge in [-0.2, -0.15) is 0 Å². The van der Waals surface area contributed by atoms with Crippen molar-refractivity contribution in [3.05, 3.63) is 35.9 Å². The van der Waals surface area contributed by atoms with Crippen LogP contribution in [0.4, 0.5) is 0 Å². The van der Waals surface area contributed by atoms with Crippen LogP contribution in [0.25, 0.3) is 0 Å². The molecule has 0 aliphatic heterocycles.